The first-order valence-electron chi connectivity index (χ1n) is 10.2. The quantitative estimate of drug-likeness (QED) is 0.534. The zero-order valence-corrected chi connectivity index (χ0v) is 17.8. The number of carboxylic acid groups (broad SMARTS) is 1. The Morgan fingerprint density at radius 3 is 2.48 bits per heavy atom. The number of rotatable bonds is 11. The maximum absolute atomic E-state index is 13.0. The van der Waals surface area contributed by atoms with Crippen LogP contribution >= 0.6 is 11.9 Å². The van der Waals surface area contributed by atoms with E-state index in [1.54, 1.807) is 0 Å². The van der Waals surface area contributed by atoms with Crippen molar-refractivity contribution in [3.63, 3.8) is 0 Å². The largest absolute Gasteiger partial charge is 0.480 e. The maximum Gasteiger partial charge on any atom is 0.323 e. The molecule has 8 heteroatoms. The van der Waals surface area contributed by atoms with Crippen molar-refractivity contribution in [2.24, 2.45) is 0 Å². The van der Waals surface area contributed by atoms with E-state index < -0.39 is 12.0 Å². The van der Waals surface area contributed by atoms with Gasteiger partial charge in [-0.25, -0.2) is 0 Å². The topological polar surface area (TPSA) is 90.0 Å². The van der Waals surface area contributed by atoms with Gasteiger partial charge < -0.3 is 14.9 Å². The van der Waals surface area contributed by atoms with Crippen LogP contribution in [0.3, 0.4) is 0 Å². The average molecular weight is 422 g/mol. The zero-order valence-electron chi connectivity index (χ0n) is 17.0. The Hall–Kier alpha value is -2.06. The number of carboxylic acids is 1. The summed E-state index contributed by atoms with van der Waals surface area (Å²) in [6.45, 7) is 3.35. The third kappa shape index (κ3) is 8.06. The van der Waals surface area contributed by atoms with E-state index in [1.807, 2.05) is 42.2 Å². The molecule has 0 saturated carbocycles. The van der Waals surface area contributed by atoms with Gasteiger partial charge in [-0.3, -0.25) is 19.1 Å². The van der Waals surface area contributed by atoms with Crippen LogP contribution in [0.2, 0.25) is 0 Å². The standard InChI is InChI=1S/C21H31N3O4S/c1-2-11-24(15-20(26)27)21(28)18(14-19(25)23-12-7-4-8-13-23)22-29-16-17-9-5-3-6-10-17/h3,5-6,9-10,18,22H,2,4,7-8,11-16H2,1H3,(H,26,27). The minimum atomic E-state index is -1.05. The molecule has 1 aliphatic rings. The second-order valence-corrected chi connectivity index (χ2v) is 8.06. The van der Waals surface area contributed by atoms with Crippen LogP contribution in [0.15, 0.2) is 30.3 Å². The van der Waals surface area contributed by atoms with Crippen LogP contribution in [-0.4, -0.2) is 64.9 Å². The van der Waals surface area contributed by atoms with Gasteiger partial charge in [0.1, 0.15) is 12.6 Å². The number of benzene rings is 1. The van der Waals surface area contributed by atoms with Crippen LogP contribution in [0.4, 0.5) is 0 Å². The molecule has 0 spiro atoms. The van der Waals surface area contributed by atoms with Crippen molar-refractivity contribution < 1.29 is 19.5 Å². The number of piperidine rings is 1. The van der Waals surface area contributed by atoms with Crippen LogP contribution < -0.4 is 4.72 Å². The molecule has 7 nitrogen and oxygen atoms in total. The highest BCUT2D eigenvalue weighted by molar-refractivity contribution is 7.96. The number of hydrogen-bond donors (Lipinski definition) is 2. The molecule has 1 aromatic carbocycles. The van der Waals surface area contributed by atoms with Crippen molar-refractivity contribution in [1.82, 2.24) is 14.5 Å². The van der Waals surface area contributed by atoms with Gasteiger partial charge in [0, 0.05) is 25.4 Å². The number of carbonyl (C=O) groups is 3. The SMILES string of the molecule is CCCN(CC(=O)O)C(=O)C(CC(=O)N1CCCCC1)NSCc1ccccc1. The predicted octanol–water partition coefficient (Wildman–Crippen LogP) is 2.52. The summed E-state index contributed by atoms with van der Waals surface area (Å²) < 4.78 is 3.14. The molecule has 1 aliphatic heterocycles. The molecule has 1 fully saturated rings. The van der Waals surface area contributed by atoms with Crippen LogP contribution in [-0.2, 0) is 20.1 Å². The van der Waals surface area contributed by atoms with Crippen molar-refractivity contribution in [2.45, 2.75) is 50.8 Å². The molecular formula is C21H31N3O4S. The molecule has 1 heterocycles. The van der Waals surface area contributed by atoms with Gasteiger partial charge in [-0.1, -0.05) is 49.2 Å². The highest BCUT2D eigenvalue weighted by Crippen LogP contribution is 2.15. The van der Waals surface area contributed by atoms with E-state index in [4.69, 9.17) is 5.11 Å². The van der Waals surface area contributed by atoms with Gasteiger partial charge in [0.2, 0.25) is 11.8 Å². The van der Waals surface area contributed by atoms with Gasteiger partial charge in [0.15, 0.2) is 0 Å². The van der Waals surface area contributed by atoms with Crippen molar-refractivity contribution in [3.05, 3.63) is 35.9 Å². The summed E-state index contributed by atoms with van der Waals surface area (Å²) in [4.78, 5) is 40.1. The summed E-state index contributed by atoms with van der Waals surface area (Å²) >= 11 is 1.37. The molecule has 1 saturated heterocycles. The minimum Gasteiger partial charge on any atom is -0.480 e. The lowest BCUT2D eigenvalue weighted by Gasteiger charge is -2.30. The molecule has 0 aliphatic carbocycles. The maximum atomic E-state index is 13.0. The lowest BCUT2D eigenvalue weighted by atomic mass is 10.1. The number of aliphatic carboxylic acids is 1. The van der Waals surface area contributed by atoms with E-state index in [0.717, 1.165) is 37.9 Å². The van der Waals surface area contributed by atoms with Crippen molar-refractivity contribution in [2.75, 3.05) is 26.2 Å². The summed E-state index contributed by atoms with van der Waals surface area (Å²) in [6, 6.07) is 9.10. The van der Waals surface area contributed by atoms with E-state index in [0.29, 0.717) is 18.7 Å². The van der Waals surface area contributed by atoms with E-state index in [1.165, 1.54) is 16.8 Å². The van der Waals surface area contributed by atoms with E-state index in [9.17, 15) is 14.4 Å². The van der Waals surface area contributed by atoms with E-state index in [-0.39, 0.29) is 24.8 Å². The molecule has 29 heavy (non-hydrogen) atoms. The monoisotopic (exact) mass is 421 g/mol. The van der Waals surface area contributed by atoms with Crippen LogP contribution in [0.1, 0.15) is 44.6 Å². The molecule has 1 atom stereocenters. The highest BCUT2D eigenvalue weighted by Gasteiger charge is 2.29. The molecule has 0 bridgehead atoms. The van der Waals surface area contributed by atoms with Crippen molar-refractivity contribution in [3.8, 4) is 0 Å². The molecule has 0 aromatic heterocycles. The number of hydrogen-bond acceptors (Lipinski definition) is 5. The number of amides is 2. The first kappa shape index (κ1) is 23.2. The zero-order chi connectivity index (χ0) is 21.1. The van der Waals surface area contributed by atoms with Gasteiger partial charge in [-0.15, -0.1) is 0 Å². The fraction of sp³-hybridized carbons (Fsp3) is 0.571. The summed E-state index contributed by atoms with van der Waals surface area (Å²) in [5, 5.41) is 9.16. The smallest absolute Gasteiger partial charge is 0.323 e. The Bertz CT molecular complexity index is 665. The Balaban J connectivity index is 2.04. The Labute approximate surface area is 177 Å². The van der Waals surface area contributed by atoms with Crippen molar-refractivity contribution in [1.29, 1.82) is 0 Å². The molecule has 1 unspecified atom stereocenters. The second kappa shape index (κ2) is 12.5. The Kier molecular flexibility index (Phi) is 10.0. The van der Waals surface area contributed by atoms with Crippen LogP contribution in [0, 0.1) is 0 Å². The predicted molar refractivity (Wildman–Crippen MR) is 114 cm³/mol. The summed E-state index contributed by atoms with van der Waals surface area (Å²) in [6.07, 6.45) is 3.80. The molecule has 0 radical (unpaired) electrons. The molecule has 2 amide bonds. The van der Waals surface area contributed by atoms with Crippen LogP contribution in [0.25, 0.3) is 0 Å². The van der Waals surface area contributed by atoms with Gasteiger partial charge in [-0.2, -0.15) is 0 Å². The van der Waals surface area contributed by atoms with Gasteiger partial charge in [0.05, 0.1) is 6.42 Å². The van der Waals surface area contributed by atoms with Gasteiger partial charge >= 0.3 is 5.97 Å². The second-order valence-electron chi connectivity index (χ2n) is 7.24. The molecular weight excluding hydrogens is 390 g/mol. The summed E-state index contributed by atoms with van der Waals surface area (Å²) in [5.74, 6) is -0.789. The summed E-state index contributed by atoms with van der Waals surface area (Å²) in [7, 11) is 0. The fourth-order valence-corrected chi connectivity index (χ4v) is 4.17. The third-order valence-corrected chi connectivity index (χ3v) is 5.75. The first-order valence-corrected chi connectivity index (χ1v) is 11.2. The number of carbonyl (C=O) groups excluding carboxylic acids is 2. The lowest BCUT2D eigenvalue weighted by molar-refractivity contribution is -0.146. The third-order valence-electron chi connectivity index (χ3n) is 4.82. The Morgan fingerprint density at radius 1 is 1.17 bits per heavy atom. The van der Waals surface area contributed by atoms with E-state index in [2.05, 4.69) is 4.72 Å². The average Bonchev–Trinajstić information content (AvgIpc) is 2.73. The molecule has 1 aromatic rings. The number of nitrogens with one attached hydrogen (secondary N) is 1. The normalized spacial score (nSPS) is 15.0. The molecule has 2 rings (SSSR count). The highest BCUT2D eigenvalue weighted by atomic mass is 32.2. The summed E-state index contributed by atoms with van der Waals surface area (Å²) in [5.41, 5.74) is 1.11. The van der Waals surface area contributed by atoms with Gasteiger partial charge in [-0.05, 0) is 31.2 Å². The molecule has 2 N–H and O–H groups in total. The van der Waals surface area contributed by atoms with Crippen LogP contribution in [0.5, 0.6) is 0 Å². The van der Waals surface area contributed by atoms with Gasteiger partial charge in [0.25, 0.3) is 0 Å². The number of likely N-dealkylation sites (tertiary alicyclic amines) is 1. The molecule has 160 valence electrons. The minimum absolute atomic E-state index is 0.0421. The van der Waals surface area contributed by atoms with Crippen molar-refractivity contribution >= 4 is 29.7 Å². The van der Waals surface area contributed by atoms with E-state index >= 15 is 0 Å². The Morgan fingerprint density at radius 2 is 1.86 bits per heavy atom. The fourth-order valence-electron chi connectivity index (χ4n) is 3.35. The first-order chi connectivity index (χ1) is 14.0. The lowest BCUT2D eigenvalue weighted by Crippen LogP contribution is -2.49. The number of nitrogens with zero attached hydrogens (tertiary/aromatic N) is 2.